The van der Waals surface area contributed by atoms with Crippen molar-refractivity contribution in [2.24, 2.45) is 5.84 Å². The molecule has 0 aliphatic heterocycles. The van der Waals surface area contributed by atoms with Crippen LogP contribution in [0.2, 0.25) is 0 Å². The van der Waals surface area contributed by atoms with Crippen LogP contribution in [0.4, 0.5) is 11.8 Å². The molecule has 2 aromatic rings. The lowest BCUT2D eigenvalue weighted by molar-refractivity contribution is -0.122. The van der Waals surface area contributed by atoms with E-state index in [0.29, 0.717) is 16.9 Å². The molecule has 0 aromatic carbocycles. The second-order valence-electron chi connectivity index (χ2n) is 4.70. The lowest BCUT2D eigenvalue weighted by atomic mass is 10.2. The molecule has 2 aromatic heterocycles. The Labute approximate surface area is 115 Å². The molecule has 1 amide bonds. The van der Waals surface area contributed by atoms with Gasteiger partial charge in [0.05, 0.1) is 11.6 Å². The number of amides is 1. The van der Waals surface area contributed by atoms with Crippen LogP contribution in [0.1, 0.15) is 20.8 Å². The Morgan fingerprint density at radius 3 is 2.75 bits per heavy atom. The topological polar surface area (TPSA) is 134 Å². The minimum atomic E-state index is -0.448. The Kier molecular flexibility index (Phi) is 3.99. The summed E-state index contributed by atoms with van der Waals surface area (Å²) in [7, 11) is 0. The highest BCUT2D eigenvalue weighted by molar-refractivity contribution is 5.90. The van der Waals surface area contributed by atoms with Crippen LogP contribution in [0.25, 0.3) is 11.0 Å². The highest BCUT2D eigenvalue weighted by Gasteiger charge is 2.17. The summed E-state index contributed by atoms with van der Waals surface area (Å²) in [6.45, 7) is 5.56. The van der Waals surface area contributed by atoms with Gasteiger partial charge in [-0.3, -0.25) is 15.3 Å². The van der Waals surface area contributed by atoms with Gasteiger partial charge in [0.2, 0.25) is 11.9 Å². The molecule has 108 valence electrons. The molecule has 0 fully saturated rings. The van der Waals surface area contributed by atoms with Crippen LogP contribution in [0.3, 0.4) is 0 Å². The lowest BCUT2D eigenvalue weighted by Crippen LogP contribution is -2.41. The Balaban J connectivity index is 2.24. The Morgan fingerprint density at radius 2 is 2.10 bits per heavy atom. The van der Waals surface area contributed by atoms with Crippen LogP contribution in [0, 0.1) is 0 Å². The summed E-state index contributed by atoms with van der Waals surface area (Å²) >= 11 is 0. The number of carbonyl (C=O) groups excluding carboxylic acids is 1. The number of rotatable bonds is 5. The van der Waals surface area contributed by atoms with E-state index >= 15 is 0 Å². The van der Waals surface area contributed by atoms with E-state index in [-0.39, 0.29) is 17.9 Å². The largest absolute Gasteiger partial charge is 0.358 e. The van der Waals surface area contributed by atoms with Gasteiger partial charge in [0.25, 0.3) is 0 Å². The van der Waals surface area contributed by atoms with Gasteiger partial charge >= 0.3 is 0 Å². The van der Waals surface area contributed by atoms with Crippen LogP contribution in [-0.4, -0.2) is 38.2 Å². The number of nitrogens with zero attached hydrogens (tertiary/aromatic N) is 3. The van der Waals surface area contributed by atoms with Gasteiger partial charge < -0.3 is 10.6 Å². The van der Waals surface area contributed by atoms with Crippen molar-refractivity contribution >= 4 is 28.7 Å². The van der Waals surface area contributed by atoms with E-state index in [0.717, 1.165) is 0 Å². The normalized spacial score (nSPS) is 12.4. The number of hydrazine groups is 1. The summed E-state index contributed by atoms with van der Waals surface area (Å²) in [4.78, 5) is 20.2. The van der Waals surface area contributed by atoms with E-state index in [1.165, 1.54) is 0 Å². The highest BCUT2D eigenvalue weighted by Crippen LogP contribution is 2.20. The van der Waals surface area contributed by atoms with Crippen LogP contribution < -0.4 is 21.9 Å². The molecule has 9 heteroatoms. The van der Waals surface area contributed by atoms with Crippen molar-refractivity contribution in [2.75, 3.05) is 10.7 Å². The fourth-order valence-corrected chi connectivity index (χ4v) is 1.69. The van der Waals surface area contributed by atoms with Crippen molar-refractivity contribution in [2.45, 2.75) is 32.9 Å². The molecule has 2 rings (SSSR count). The summed E-state index contributed by atoms with van der Waals surface area (Å²) in [5.74, 6) is 5.93. The molecule has 0 radical (unpaired) electrons. The molecule has 6 N–H and O–H groups in total. The van der Waals surface area contributed by atoms with E-state index in [4.69, 9.17) is 5.84 Å². The van der Waals surface area contributed by atoms with Crippen molar-refractivity contribution in [3.05, 3.63) is 6.20 Å². The average Bonchev–Trinajstić information content (AvgIpc) is 2.86. The molecule has 1 atom stereocenters. The molecule has 0 bridgehead atoms. The fraction of sp³-hybridized carbons (Fsp3) is 0.455. The molecular formula is C11H18N8O. The van der Waals surface area contributed by atoms with Gasteiger partial charge in [-0.2, -0.15) is 15.1 Å². The standard InChI is InChI=1S/C11H18N8O/c1-5(2)14-10(20)6(3)15-8-7-4-13-19-9(7)17-11(16-8)18-12/h4-6H,12H2,1-3H3,(H,14,20)(H3,13,15,16,17,18,19). The second kappa shape index (κ2) is 5.70. The zero-order valence-electron chi connectivity index (χ0n) is 11.6. The first-order valence-corrected chi connectivity index (χ1v) is 6.26. The lowest BCUT2D eigenvalue weighted by Gasteiger charge is -2.17. The predicted octanol–water partition coefficient (Wildman–Crippen LogP) is -0.0365. The Hall–Kier alpha value is -2.42. The first-order valence-electron chi connectivity index (χ1n) is 6.26. The van der Waals surface area contributed by atoms with Crippen LogP contribution >= 0.6 is 0 Å². The van der Waals surface area contributed by atoms with Crippen LogP contribution in [0.5, 0.6) is 0 Å². The zero-order valence-corrected chi connectivity index (χ0v) is 11.6. The number of anilines is 2. The van der Waals surface area contributed by atoms with Crippen molar-refractivity contribution in [3.63, 3.8) is 0 Å². The van der Waals surface area contributed by atoms with Gasteiger partial charge in [-0.15, -0.1) is 0 Å². The SMILES string of the molecule is CC(C)NC(=O)C(C)Nc1nc(NN)nc2[nH]ncc12. The summed E-state index contributed by atoms with van der Waals surface area (Å²) in [6, 6.07) is -0.372. The summed E-state index contributed by atoms with van der Waals surface area (Å²) < 4.78 is 0. The first-order chi connectivity index (χ1) is 9.51. The average molecular weight is 278 g/mol. The minimum Gasteiger partial charge on any atom is -0.358 e. The summed E-state index contributed by atoms with van der Waals surface area (Å²) in [5.41, 5.74) is 2.91. The third-order valence-corrected chi connectivity index (χ3v) is 2.62. The number of nitrogens with one attached hydrogen (secondary N) is 4. The fourth-order valence-electron chi connectivity index (χ4n) is 1.69. The molecule has 0 aliphatic rings. The van der Waals surface area contributed by atoms with Gasteiger partial charge in [0.1, 0.15) is 11.9 Å². The molecule has 20 heavy (non-hydrogen) atoms. The second-order valence-corrected chi connectivity index (χ2v) is 4.70. The summed E-state index contributed by atoms with van der Waals surface area (Å²) in [6.07, 6.45) is 1.59. The number of nitrogen functional groups attached to an aromatic ring is 1. The van der Waals surface area contributed by atoms with E-state index in [1.54, 1.807) is 13.1 Å². The van der Waals surface area contributed by atoms with Gasteiger partial charge in [-0.05, 0) is 20.8 Å². The third-order valence-electron chi connectivity index (χ3n) is 2.62. The molecule has 0 aliphatic carbocycles. The smallest absolute Gasteiger partial charge is 0.242 e. The van der Waals surface area contributed by atoms with Gasteiger partial charge in [-0.25, -0.2) is 5.84 Å². The number of hydrogen-bond donors (Lipinski definition) is 5. The maximum absolute atomic E-state index is 11.9. The number of aromatic amines is 1. The number of nitrogens with two attached hydrogens (primary N) is 1. The monoisotopic (exact) mass is 278 g/mol. The maximum atomic E-state index is 11.9. The van der Waals surface area contributed by atoms with Crippen molar-refractivity contribution in [1.29, 1.82) is 0 Å². The molecule has 0 saturated heterocycles. The van der Waals surface area contributed by atoms with Gasteiger partial charge in [0.15, 0.2) is 5.65 Å². The molecule has 1 unspecified atom stereocenters. The van der Waals surface area contributed by atoms with Crippen molar-refractivity contribution in [3.8, 4) is 0 Å². The molecule has 9 nitrogen and oxygen atoms in total. The number of aromatic nitrogens is 4. The van der Waals surface area contributed by atoms with Gasteiger partial charge in [0, 0.05) is 6.04 Å². The van der Waals surface area contributed by atoms with E-state index in [9.17, 15) is 4.79 Å². The Bertz CT molecular complexity index is 607. The summed E-state index contributed by atoms with van der Waals surface area (Å²) in [5, 5.41) is 13.2. The third kappa shape index (κ3) is 2.94. The quantitative estimate of drug-likeness (QED) is 0.383. The first kappa shape index (κ1) is 14.0. The molecule has 2 heterocycles. The van der Waals surface area contributed by atoms with E-state index in [1.807, 2.05) is 13.8 Å². The number of hydrogen-bond acceptors (Lipinski definition) is 7. The zero-order chi connectivity index (χ0) is 14.7. The van der Waals surface area contributed by atoms with Crippen molar-refractivity contribution < 1.29 is 4.79 Å². The van der Waals surface area contributed by atoms with Gasteiger partial charge in [-0.1, -0.05) is 0 Å². The maximum Gasteiger partial charge on any atom is 0.242 e. The predicted molar refractivity (Wildman–Crippen MR) is 75.9 cm³/mol. The number of carbonyl (C=O) groups is 1. The number of H-pyrrole nitrogens is 1. The number of fused-ring (bicyclic) bond motifs is 1. The molecule has 0 spiro atoms. The van der Waals surface area contributed by atoms with Crippen molar-refractivity contribution in [1.82, 2.24) is 25.5 Å². The van der Waals surface area contributed by atoms with E-state index in [2.05, 4.69) is 36.2 Å². The minimum absolute atomic E-state index is 0.0763. The van der Waals surface area contributed by atoms with Crippen LogP contribution in [-0.2, 0) is 4.79 Å². The molecular weight excluding hydrogens is 260 g/mol. The van der Waals surface area contributed by atoms with Crippen LogP contribution in [0.15, 0.2) is 6.20 Å². The van der Waals surface area contributed by atoms with E-state index < -0.39 is 6.04 Å². The Morgan fingerprint density at radius 1 is 1.35 bits per heavy atom. The highest BCUT2D eigenvalue weighted by atomic mass is 16.2. The molecule has 0 saturated carbocycles.